The Bertz CT molecular complexity index is 554. The molecule has 0 unspecified atom stereocenters. The van der Waals surface area contributed by atoms with E-state index in [-0.39, 0.29) is 12.4 Å². The highest BCUT2D eigenvalue weighted by atomic mass is 35.5. The molecule has 1 aliphatic heterocycles. The minimum absolute atomic E-state index is 0. The first-order valence-corrected chi connectivity index (χ1v) is 6.02. The number of aryl methyl sites for hydroxylation is 1. The topological polar surface area (TPSA) is 35.4 Å². The van der Waals surface area contributed by atoms with Crippen LogP contribution in [0, 0.1) is 0 Å². The van der Waals surface area contributed by atoms with Crippen LogP contribution in [0.4, 0.5) is 0 Å². The van der Waals surface area contributed by atoms with Crippen molar-refractivity contribution in [3.8, 4) is 11.5 Å². The molecule has 0 spiro atoms. The Kier molecular flexibility index (Phi) is 4.35. The summed E-state index contributed by atoms with van der Waals surface area (Å²) in [7, 11) is 2.05. The molecule has 1 N–H and O–H groups in total. The SMILES string of the molecule is Cl.Cn1cccc1CNCc1ccc2c(c1)OCO2. The summed E-state index contributed by atoms with van der Waals surface area (Å²) in [5.41, 5.74) is 2.48. The molecule has 0 saturated heterocycles. The Morgan fingerprint density at radius 1 is 1.16 bits per heavy atom. The van der Waals surface area contributed by atoms with Gasteiger partial charge in [0.15, 0.2) is 11.5 Å². The average Bonchev–Trinajstić information content (AvgIpc) is 2.98. The van der Waals surface area contributed by atoms with Gasteiger partial charge >= 0.3 is 0 Å². The van der Waals surface area contributed by atoms with Crippen molar-refractivity contribution in [3.05, 3.63) is 47.8 Å². The van der Waals surface area contributed by atoms with E-state index in [1.54, 1.807) is 0 Å². The maximum absolute atomic E-state index is 5.36. The minimum Gasteiger partial charge on any atom is -0.454 e. The number of aromatic nitrogens is 1. The van der Waals surface area contributed by atoms with Gasteiger partial charge < -0.3 is 19.4 Å². The predicted octanol–water partition coefficient (Wildman–Crippen LogP) is 2.47. The van der Waals surface area contributed by atoms with Crippen LogP contribution < -0.4 is 14.8 Å². The van der Waals surface area contributed by atoms with Gasteiger partial charge in [0.2, 0.25) is 6.79 Å². The van der Waals surface area contributed by atoms with Crippen molar-refractivity contribution < 1.29 is 9.47 Å². The van der Waals surface area contributed by atoms with Crippen molar-refractivity contribution >= 4 is 12.4 Å². The third kappa shape index (κ3) is 3.03. The molecule has 1 aromatic carbocycles. The van der Waals surface area contributed by atoms with Gasteiger partial charge in [-0.15, -0.1) is 12.4 Å². The zero-order chi connectivity index (χ0) is 12.4. The fraction of sp³-hybridized carbons (Fsp3) is 0.286. The summed E-state index contributed by atoms with van der Waals surface area (Å²) in [4.78, 5) is 0. The molecule has 3 rings (SSSR count). The second-order valence-corrected chi connectivity index (χ2v) is 4.40. The smallest absolute Gasteiger partial charge is 0.231 e. The molecule has 2 heterocycles. The number of halogens is 1. The van der Waals surface area contributed by atoms with Crippen molar-refractivity contribution in [2.24, 2.45) is 7.05 Å². The first-order chi connectivity index (χ1) is 8.83. The van der Waals surface area contributed by atoms with Crippen LogP contribution >= 0.6 is 12.4 Å². The highest BCUT2D eigenvalue weighted by molar-refractivity contribution is 5.85. The van der Waals surface area contributed by atoms with Gasteiger partial charge in [0.1, 0.15) is 0 Å². The van der Waals surface area contributed by atoms with Gasteiger partial charge in [-0.25, -0.2) is 0 Å². The maximum Gasteiger partial charge on any atom is 0.231 e. The number of nitrogens with one attached hydrogen (secondary N) is 1. The third-order valence-electron chi connectivity index (χ3n) is 3.12. The molecule has 5 heteroatoms. The Morgan fingerprint density at radius 2 is 2.00 bits per heavy atom. The zero-order valence-electron chi connectivity index (χ0n) is 10.8. The molecular formula is C14H17ClN2O2. The van der Waals surface area contributed by atoms with Crippen LogP contribution in [-0.4, -0.2) is 11.4 Å². The summed E-state index contributed by atoms with van der Waals surface area (Å²) in [5.74, 6) is 1.68. The van der Waals surface area contributed by atoms with E-state index in [1.807, 2.05) is 12.1 Å². The normalized spacial score (nSPS) is 12.3. The first-order valence-electron chi connectivity index (χ1n) is 6.02. The summed E-state index contributed by atoms with van der Waals surface area (Å²) in [6, 6.07) is 10.2. The summed E-state index contributed by atoms with van der Waals surface area (Å²) in [6.07, 6.45) is 2.05. The molecular weight excluding hydrogens is 264 g/mol. The molecule has 1 aromatic heterocycles. The number of hydrogen-bond acceptors (Lipinski definition) is 3. The van der Waals surface area contributed by atoms with Crippen molar-refractivity contribution in [1.29, 1.82) is 0 Å². The van der Waals surface area contributed by atoms with E-state index in [0.717, 1.165) is 24.6 Å². The second kappa shape index (κ2) is 5.99. The fourth-order valence-electron chi connectivity index (χ4n) is 2.07. The molecule has 19 heavy (non-hydrogen) atoms. The van der Waals surface area contributed by atoms with Crippen LogP contribution in [0.3, 0.4) is 0 Å². The van der Waals surface area contributed by atoms with E-state index >= 15 is 0 Å². The molecule has 0 aliphatic carbocycles. The van der Waals surface area contributed by atoms with Gasteiger partial charge in [-0.3, -0.25) is 0 Å². The molecule has 0 radical (unpaired) electrons. The third-order valence-corrected chi connectivity index (χ3v) is 3.12. The number of benzene rings is 1. The van der Waals surface area contributed by atoms with E-state index in [1.165, 1.54) is 11.3 Å². The van der Waals surface area contributed by atoms with Gasteiger partial charge in [0, 0.05) is 32.0 Å². The Morgan fingerprint density at radius 3 is 2.79 bits per heavy atom. The average molecular weight is 281 g/mol. The minimum atomic E-state index is 0. The Hall–Kier alpha value is -1.65. The highest BCUT2D eigenvalue weighted by Crippen LogP contribution is 2.32. The van der Waals surface area contributed by atoms with Gasteiger partial charge in [-0.05, 0) is 29.8 Å². The molecule has 102 valence electrons. The largest absolute Gasteiger partial charge is 0.454 e. The first kappa shape index (κ1) is 13.8. The van der Waals surface area contributed by atoms with E-state index < -0.39 is 0 Å². The van der Waals surface area contributed by atoms with E-state index in [0.29, 0.717) is 6.79 Å². The highest BCUT2D eigenvalue weighted by Gasteiger charge is 2.12. The Labute approximate surface area is 118 Å². The van der Waals surface area contributed by atoms with Crippen LogP contribution in [0.5, 0.6) is 11.5 Å². The van der Waals surface area contributed by atoms with E-state index in [2.05, 4.69) is 41.3 Å². The summed E-state index contributed by atoms with van der Waals surface area (Å²) in [5, 5.41) is 3.42. The predicted molar refractivity (Wildman–Crippen MR) is 75.8 cm³/mol. The standard InChI is InChI=1S/C14H16N2O2.ClH/c1-16-6-2-3-12(16)9-15-8-11-4-5-13-14(7-11)18-10-17-13;/h2-7,15H,8-10H2,1H3;1H. The van der Waals surface area contributed by atoms with Gasteiger partial charge in [-0.1, -0.05) is 6.07 Å². The van der Waals surface area contributed by atoms with Crippen LogP contribution in [0.1, 0.15) is 11.3 Å². The molecule has 2 aromatic rings. The van der Waals surface area contributed by atoms with Crippen molar-refractivity contribution in [1.82, 2.24) is 9.88 Å². The lowest BCUT2D eigenvalue weighted by Gasteiger charge is -2.07. The van der Waals surface area contributed by atoms with Crippen LogP contribution in [0.25, 0.3) is 0 Å². The molecule has 1 aliphatic rings. The number of rotatable bonds is 4. The monoisotopic (exact) mass is 280 g/mol. The lowest BCUT2D eigenvalue weighted by Crippen LogP contribution is -2.14. The van der Waals surface area contributed by atoms with E-state index in [4.69, 9.17) is 9.47 Å². The van der Waals surface area contributed by atoms with Crippen LogP contribution in [0.15, 0.2) is 36.5 Å². The van der Waals surface area contributed by atoms with Crippen LogP contribution in [0.2, 0.25) is 0 Å². The van der Waals surface area contributed by atoms with Crippen LogP contribution in [-0.2, 0) is 20.1 Å². The molecule has 0 fully saturated rings. The van der Waals surface area contributed by atoms with Crippen molar-refractivity contribution in [2.75, 3.05) is 6.79 Å². The maximum atomic E-state index is 5.36. The van der Waals surface area contributed by atoms with Gasteiger partial charge in [0.05, 0.1) is 0 Å². The summed E-state index contributed by atoms with van der Waals surface area (Å²) < 4.78 is 12.8. The molecule has 0 atom stereocenters. The fourth-order valence-corrected chi connectivity index (χ4v) is 2.07. The second-order valence-electron chi connectivity index (χ2n) is 4.40. The lowest BCUT2D eigenvalue weighted by molar-refractivity contribution is 0.174. The molecule has 4 nitrogen and oxygen atoms in total. The van der Waals surface area contributed by atoms with Gasteiger partial charge in [0.25, 0.3) is 0 Å². The summed E-state index contributed by atoms with van der Waals surface area (Å²) >= 11 is 0. The van der Waals surface area contributed by atoms with Crippen molar-refractivity contribution in [2.45, 2.75) is 13.1 Å². The summed E-state index contributed by atoms with van der Waals surface area (Å²) in [6.45, 7) is 2.01. The zero-order valence-corrected chi connectivity index (χ0v) is 11.6. The number of nitrogens with zero attached hydrogens (tertiary/aromatic N) is 1. The number of ether oxygens (including phenoxy) is 2. The Balaban J connectivity index is 0.00000133. The van der Waals surface area contributed by atoms with Gasteiger partial charge in [-0.2, -0.15) is 0 Å². The molecule has 0 bridgehead atoms. The molecule has 0 saturated carbocycles. The number of hydrogen-bond donors (Lipinski definition) is 1. The molecule has 0 amide bonds. The quantitative estimate of drug-likeness (QED) is 0.934. The number of fused-ring (bicyclic) bond motifs is 1. The van der Waals surface area contributed by atoms with Crippen molar-refractivity contribution in [3.63, 3.8) is 0 Å². The lowest BCUT2D eigenvalue weighted by atomic mass is 10.2. The van der Waals surface area contributed by atoms with E-state index in [9.17, 15) is 0 Å².